The lowest BCUT2D eigenvalue weighted by molar-refractivity contribution is -0.119. The van der Waals surface area contributed by atoms with E-state index in [9.17, 15) is 4.79 Å². The molecule has 2 atom stereocenters. The lowest BCUT2D eigenvalue weighted by atomic mass is 10.0. The molecule has 0 radical (unpaired) electrons. The fourth-order valence-electron chi connectivity index (χ4n) is 4.23. The number of ether oxygens (including phenoxy) is 1. The molecule has 7 nitrogen and oxygen atoms in total. The number of benzene rings is 2. The van der Waals surface area contributed by atoms with E-state index >= 15 is 0 Å². The molecule has 0 saturated carbocycles. The molecule has 2 aromatic heterocycles. The van der Waals surface area contributed by atoms with Crippen LogP contribution in [0.25, 0.3) is 0 Å². The van der Waals surface area contributed by atoms with Crippen molar-refractivity contribution in [3.8, 4) is 0 Å². The fraction of sp³-hybridized carbons (Fsp3) is 0.179. The normalized spacial score (nSPS) is 17.0. The number of amides is 1. The number of aromatic nitrogens is 1. The molecule has 0 unspecified atom stereocenters. The molecule has 37 heavy (non-hydrogen) atoms. The molecule has 5 rings (SSSR count). The monoisotopic (exact) mass is 530 g/mol. The molecule has 1 aliphatic heterocycles. The summed E-state index contributed by atoms with van der Waals surface area (Å²) < 4.78 is 11.3. The zero-order chi connectivity index (χ0) is 25.8. The summed E-state index contributed by atoms with van der Waals surface area (Å²) in [4.78, 5) is 19.6. The maximum absolute atomic E-state index is 11.9. The van der Waals surface area contributed by atoms with E-state index in [2.05, 4.69) is 46.8 Å². The van der Waals surface area contributed by atoms with Gasteiger partial charge in [-0.2, -0.15) is 0 Å². The number of furan rings is 1. The number of nitrogens with one attached hydrogen (secondary N) is 2. The van der Waals surface area contributed by atoms with Gasteiger partial charge < -0.3 is 24.7 Å². The van der Waals surface area contributed by atoms with E-state index in [0.717, 1.165) is 27.1 Å². The van der Waals surface area contributed by atoms with Crippen LogP contribution in [0.3, 0.4) is 0 Å². The molecule has 1 amide bonds. The topological polar surface area (TPSA) is 79.6 Å². The van der Waals surface area contributed by atoms with Gasteiger partial charge in [0.1, 0.15) is 18.4 Å². The number of thiocarbonyl (C=S) groups is 1. The first kappa shape index (κ1) is 25.0. The minimum atomic E-state index is -0.260. The van der Waals surface area contributed by atoms with Crippen LogP contribution in [0.1, 0.15) is 29.1 Å². The number of rotatable bonds is 8. The van der Waals surface area contributed by atoms with Gasteiger partial charge in [-0.1, -0.05) is 35.5 Å². The van der Waals surface area contributed by atoms with Gasteiger partial charge in [0.15, 0.2) is 10.2 Å². The van der Waals surface area contributed by atoms with Gasteiger partial charge in [0.25, 0.3) is 0 Å². The Balaban J connectivity index is 1.46. The molecule has 1 fully saturated rings. The van der Waals surface area contributed by atoms with Gasteiger partial charge in [0, 0.05) is 29.6 Å². The van der Waals surface area contributed by atoms with Crippen LogP contribution in [-0.4, -0.2) is 29.7 Å². The fourth-order valence-corrected chi connectivity index (χ4v) is 5.35. The van der Waals surface area contributed by atoms with Crippen molar-refractivity contribution < 1.29 is 13.9 Å². The molecule has 188 valence electrons. The molecule has 0 spiro atoms. The van der Waals surface area contributed by atoms with E-state index in [1.807, 2.05) is 59.5 Å². The van der Waals surface area contributed by atoms with Gasteiger partial charge in [-0.05, 0) is 79.8 Å². The number of hydrogen-bond acceptors (Lipinski definition) is 6. The lowest BCUT2D eigenvalue weighted by Gasteiger charge is -2.26. The second-order valence-electron chi connectivity index (χ2n) is 8.60. The number of aryl methyl sites for hydroxylation is 1. The highest BCUT2D eigenvalue weighted by molar-refractivity contribution is 7.99. The molecule has 0 bridgehead atoms. The average Bonchev–Trinajstić information content (AvgIpc) is 3.50. The van der Waals surface area contributed by atoms with Gasteiger partial charge in [0.2, 0.25) is 5.91 Å². The van der Waals surface area contributed by atoms with Crippen molar-refractivity contribution in [2.75, 3.05) is 23.9 Å². The third-order valence-electron chi connectivity index (χ3n) is 5.94. The van der Waals surface area contributed by atoms with E-state index in [1.54, 1.807) is 18.0 Å². The van der Waals surface area contributed by atoms with Crippen LogP contribution in [0.5, 0.6) is 0 Å². The Hall–Kier alpha value is -3.66. The number of pyridine rings is 1. The minimum Gasteiger partial charge on any atom is -0.452 e. The number of carbonyl (C=O) groups excluding carboxylic acids is 1. The first-order valence-electron chi connectivity index (χ1n) is 11.8. The Labute approximate surface area is 225 Å². The summed E-state index contributed by atoms with van der Waals surface area (Å²) in [6, 6.07) is 25.3. The maximum atomic E-state index is 11.9. The van der Waals surface area contributed by atoms with Gasteiger partial charge in [0.05, 0.1) is 11.7 Å². The van der Waals surface area contributed by atoms with Crippen LogP contribution in [0.15, 0.2) is 99.5 Å². The first-order valence-corrected chi connectivity index (χ1v) is 13.0. The summed E-state index contributed by atoms with van der Waals surface area (Å²) >= 11 is 7.37. The van der Waals surface area contributed by atoms with Crippen LogP contribution in [0, 0.1) is 6.92 Å². The number of methoxy groups -OCH3 is 1. The zero-order valence-corrected chi connectivity index (χ0v) is 22.0. The lowest BCUT2D eigenvalue weighted by Crippen LogP contribution is -2.29. The molecule has 4 aromatic rings. The van der Waals surface area contributed by atoms with Crippen molar-refractivity contribution in [2.24, 2.45) is 0 Å². The standard InChI is InChI=1S/C28H26N4O3S2/c1-18-6-12-21(13-7-18)37-25-15-14-23(35-25)27-26(22-5-3-4-16-29-22)31-28(36)32(27)20-10-8-19(9-11-20)30-24(33)17-34-2/h3-16,26-27H,17H2,1-2H3,(H,30,33)(H,31,36)/t26-,27-/m0/s1. The third kappa shape index (κ3) is 5.69. The van der Waals surface area contributed by atoms with Crippen molar-refractivity contribution >= 4 is 46.4 Å². The third-order valence-corrected chi connectivity index (χ3v) is 7.18. The smallest absolute Gasteiger partial charge is 0.250 e. The molecular weight excluding hydrogens is 504 g/mol. The molecule has 0 aliphatic carbocycles. The quantitative estimate of drug-likeness (QED) is 0.273. The molecule has 2 N–H and O–H groups in total. The Morgan fingerprint density at radius 1 is 1.11 bits per heavy atom. The highest BCUT2D eigenvalue weighted by Gasteiger charge is 2.42. The predicted molar refractivity (Wildman–Crippen MR) is 149 cm³/mol. The van der Waals surface area contributed by atoms with E-state index in [-0.39, 0.29) is 24.6 Å². The summed E-state index contributed by atoms with van der Waals surface area (Å²) in [6.07, 6.45) is 1.78. The number of carbonyl (C=O) groups is 1. The van der Waals surface area contributed by atoms with Crippen LogP contribution in [-0.2, 0) is 9.53 Å². The van der Waals surface area contributed by atoms with Gasteiger partial charge in [-0.15, -0.1) is 0 Å². The summed E-state index contributed by atoms with van der Waals surface area (Å²) in [6.45, 7) is 2.07. The van der Waals surface area contributed by atoms with Crippen molar-refractivity contribution in [3.63, 3.8) is 0 Å². The second-order valence-corrected chi connectivity index (χ2v) is 10.1. The molecule has 2 aromatic carbocycles. The largest absolute Gasteiger partial charge is 0.452 e. The van der Waals surface area contributed by atoms with E-state index in [4.69, 9.17) is 21.4 Å². The summed E-state index contributed by atoms with van der Waals surface area (Å²) in [7, 11) is 1.49. The van der Waals surface area contributed by atoms with Gasteiger partial charge >= 0.3 is 0 Å². The van der Waals surface area contributed by atoms with Crippen molar-refractivity contribution in [2.45, 2.75) is 29.0 Å². The SMILES string of the molecule is COCC(=O)Nc1ccc(N2C(=S)N[C@@H](c3ccccn3)[C@@H]2c2ccc(Sc3ccc(C)cc3)o2)cc1. The highest BCUT2D eigenvalue weighted by Crippen LogP contribution is 2.43. The molecule has 1 saturated heterocycles. The summed E-state index contributed by atoms with van der Waals surface area (Å²) in [5.41, 5.74) is 3.63. The molecule has 1 aliphatic rings. The van der Waals surface area contributed by atoms with Crippen LogP contribution in [0.2, 0.25) is 0 Å². The second kappa shape index (κ2) is 11.2. The number of nitrogens with zero attached hydrogens (tertiary/aromatic N) is 2. The Morgan fingerprint density at radius 3 is 2.59 bits per heavy atom. The van der Waals surface area contributed by atoms with E-state index in [1.165, 1.54) is 12.7 Å². The van der Waals surface area contributed by atoms with E-state index < -0.39 is 0 Å². The Morgan fingerprint density at radius 2 is 1.89 bits per heavy atom. The van der Waals surface area contributed by atoms with E-state index in [0.29, 0.717) is 10.8 Å². The Kier molecular flexibility index (Phi) is 7.55. The highest BCUT2D eigenvalue weighted by atomic mass is 32.2. The number of anilines is 2. The molecule has 9 heteroatoms. The van der Waals surface area contributed by atoms with Gasteiger partial charge in [-0.3, -0.25) is 9.78 Å². The molecule has 3 heterocycles. The zero-order valence-electron chi connectivity index (χ0n) is 20.4. The minimum absolute atomic E-state index is 0.00284. The van der Waals surface area contributed by atoms with Crippen LogP contribution in [0.4, 0.5) is 11.4 Å². The van der Waals surface area contributed by atoms with Crippen LogP contribution >= 0.6 is 24.0 Å². The Bertz CT molecular complexity index is 1370. The van der Waals surface area contributed by atoms with Crippen LogP contribution < -0.4 is 15.5 Å². The summed E-state index contributed by atoms with van der Waals surface area (Å²) in [5.74, 6) is 0.561. The van der Waals surface area contributed by atoms with Crippen molar-refractivity contribution in [3.05, 3.63) is 102 Å². The predicted octanol–water partition coefficient (Wildman–Crippen LogP) is 5.90. The van der Waals surface area contributed by atoms with Crippen molar-refractivity contribution in [1.29, 1.82) is 0 Å². The summed E-state index contributed by atoms with van der Waals surface area (Å²) in [5, 5.41) is 7.62. The number of hydrogen-bond donors (Lipinski definition) is 2. The maximum Gasteiger partial charge on any atom is 0.250 e. The molecular formula is C28H26N4O3S2. The van der Waals surface area contributed by atoms with Crippen molar-refractivity contribution in [1.82, 2.24) is 10.3 Å². The first-order chi connectivity index (χ1) is 18.0. The average molecular weight is 531 g/mol. The van der Waals surface area contributed by atoms with Gasteiger partial charge in [-0.25, -0.2) is 0 Å².